The number of para-hydroxylation sites is 1. The third-order valence-electron chi connectivity index (χ3n) is 3.20. The second kappa shape index (κ2) is 7.86. The molecule has 0 aliphatic heterocycles. The lowest BCUT2D eigenvalue weighted by molar-refractivity contribution is -0.116. The summed E-state index contributed by atoms with van der Waals surface area (Å²) in [6, 6.07) is 12.1. The van der Waals surface area contributed by atoms with E-state index in [9.17, 15) is 4.79 Å². The average Bonchev–Trinajstić information content (AvgIpc) is 3.15. The number of benzene rings is 1. The summed E-state index contributed by atoms with van der Waals surface area (Å²) in [4.78, 5) is 17.4. The first-order valence-electron chi connectivity index (χ1n) is 7.26. The number of halogens is 1. The van der Waals surface area contributed by atoms with E-state index in [-0.39, 0.29) is 5.91 Å². The molecular formula is C17H15BrN2OS2. The molecule has 0 aliphatic carbocycles. The van der Waals surface area contributed by atoms with Gasteiger partial charge in [0, 0.05) is 23.9 Å². The minimum atomic E-state index is -0.0566. The van der Waals surface area contributed by atoms with Crippen LogP contribution in [0.4, 0.5) is 0 Å². The first kappa shape index (κ1) is 16.4. The molecule has 0 fully saturated rings. The summed E-state index contributed by atoms with van der Waals surface area (Å²) in [6.45, 7) is 0.660. The summed E-state index contributed by atoms with van der Waals surface area (Å²) < 4.78 is 2.28. The first-order chi connectivity index (χ1) is 11.2. The molecule has 3 aromatic rings. The number of thiazole rings is 1. The van der Waals surface area contributed by atoms with E-state index in [1.54, 1.807) is 28.7 Å². The van der Waals surface area contributed by atoms with Crippen LogP contribution in [0.3, 0.4) is 0 Å². The van der Waals surface area contributed by atoms with E-state index in [1.165, 1.54) is 4.70 Å². The van der Waals surface area contributed by atoms with Crippen molar-refractivity contribution in [3.63, 3.8) is 0 Å². The smallest absolute Gasteiger partial charge is 0.244 e. The molecule has 6 heteroatoms. The number of nitrogens with zero attached hydrogens (tertiary/aromatic N) is 1. The number of aromatic nitrogens is 1. The summed E-state index contributed by atoms with van der Waals surface area (Å²) in [5.41, 5.74) is 1.06. The minimum Gasteiger partial charge on any atom is -0.353 e. The molecule has 3 nitrogen and oxygen atoms in total. The quantitative estimate of drug-likeness (QED) is 0.467. The molecule has 1 aromatic carbocycles. The molecule has 1 N–H and O–H groups in total. The number of rotatable bonds is 6. The van der Waals surface area contributed by atoms with Crippen LogP contribution < -0.4 is 5.32 Å². The number of amides is 1. The molecule has 0 bridgehead atoms. The second-order valence-electron chi connectivity index (χ2n) is 4.95. The Hall–Kier alpha value is -1.50. The van der Waals surface area contributed by atoms with Crippen LogP contribution in [0.5, 0.6) is 0 Å². The highest BCUT2D eigenvalue weighted by Crippen LogP contribution is 2.23. The number of nitrogens with one attached hydrogen (secondary N) is 1. The second-order valence-corrected chi connectivity index (χ2v) is 8.55. The molecule has 2 aromatic heterocycles. The third-order valence-corrected chi connectivity index (χ3v) is 5.88. The molecule has 0 saturated carbocycles. The van der Waals surface area contributed by atoms with Gasteiger partial charge in [-0.2, -0.15) is 0 Å². The Kier molecular flexibility index (Phi) is 5.59. The van der Waals surface area contributed by atoms with Crippen molar-refractivity contribution in [3.8, 4) is 0 Å². The Labute approximate surface area is 151 Å². The summed E-state index contributed by atoms with van der Waals surface area (Å²) in [5.74, 6) is -0.0566. The zero-order valence-electron chi connectivity index (χ0n) is 12.3. The Morgan fingerprint density at radius 2 is 2.09 bits per heavy atom. The molecular weight excluding hydrogens is 392 g/mol. The van der Waals surface area contributed by atoms with E-state index in [4.69, 9.17) is 0 Å². The van der Waals surface area contributed by atoms with Crippen LogP contribution in [0.15, 0.2) is 46.3 Å². The maximum atomic E-state index is 11.8. The van der Waals surface area contributed by atoms with Crippen LogP contribution in [0, 0.1) is 0 Å². The van der Waals surface area contributed by atoms with Gasteiger partial charge in [0.15, 0.2) is 0 Å². The van der Waals surface area contributed by atoms with E-state index in [2.05, 4.69) is 32.3 Å². The van der Waals surface area contributed by atoms with Crippen LogP contribution in [0.1, 0.15) is 16.3 Å². The van der Waals surface area contributed by atoms with Crippen molar-refractivity contribution in [2.45, 2.75) is 12.8 Å². The molecule has 0 spiro atoms. The van der Waals surface area contributed by atoms with Gasteiger partial charge in [0.25, 0.3) is 0 Å². The van der Waals surface area contributed by atoms with E-state index >= 15 is 0 Å². The van der Waals surface area contributed by atoms with Gasteiger partial charge in [0.05, 0.1) is 19.0 Å². The predicted octanol–water partition coefficient (Wildman–Crippen LogP) is 4.88. The summed E-state index contributed by atoms with van der Waals surface area (Å²) in [5, 5.41) is 4.03. The highest BCUT2D eigenvalue weighted by atomic mass is 79.9. The lowest BCUT2D eigenvalue weighted by Crippen LogP contribution is -2.22. The van der Waals surface area contributed by atoms with Crippen molar-refractivity contribution >= 4 is 60.8 Å². The van der Waals surface area contributed by atoms with E-state index < -0.39 is 0 Å². The van der Waals surface area contributed by atoms with Crippen molar-refractivity contribution in [3.05, 3.63) is 56.1 Å². The minimum absolute atomic E-state index is 0.0566. The van der Waals surface area contributed by atoms with Crippen LogP contribution >= 0.6 is 38.6 Å². The number of carbonyl (C=O) groups excluding carboxylic acids is 1. The van der Waals surface area contributed by atoms with Gasteiger partial charge in [0.1, 0.15) is 0 Å². The third kappa shape index (κ3) is 4.73. The summed E-state index contributed by atoms with van der Waals surface area (Å²) >= 11 is 6.73. The van der Waals surface area contributed by atoms with Gasteiger partial charge >= 0.3 is 0 Å². The monoisotopic (exact) mass is 406 g/mol. The Balaban J connectivity index is 1.42. The van der Waals surface area contributed by atoms with Gasteiger partial charge in [-0.25, -0.2) is 4.98 Å². The molecule has 0 unspecified atom stereocenters. The van der Waals surface area contributed by atoms with Crippen molar-refractivity contribution in [2.24, 2.45) is 0 Å². The van der Waals surface area contributed by atoms with Crippen molar-refractivity contribution in [1.82, 2.24) is 10.3 Å². The van der Waals surface area contributed by atoms with Crippen molar-refractivity contribution < 1.29 is 4.79 Å². The molecule has 0 atom stereocenters. The molecule has 0 aliphatic rings. The molecule has 23 heavy (non-hydrogen) atoms. The van der Waals surface area contributed by atoms with Gasteiger partial charge in [0.2, 0.25) is 5.91 Å². The fourth-order valence-electron chi connectivity index (χ4n) is 2.11. The molecule has 0 saturated heterocycles. The standard InChI is InChI=1S/C17H15BrN2OS2/c18-15-9-7-12(22-15)8-10-16(21)19-11-3-6-17-20-13-4-1-2-5-14(13)23-17/h1-2,4-5,7-10H,3,6,11H2,(H,19,21)/b10-8+. The number of hydrogen-bond acceptors (Lipinski definition) is 4. The SMILES string of the molecule is O=C(/C=C/c1ccc(Br)s1)NCCCc1nc2ccccc2s1. The number of hydrogen-bond donors (Lipinski definition) is 1. The largest absolute Gasteiger partial charge is 0.353 e. The maximum absolute atomic E-state index is 11.8. The molecule has 0 radical (unpaired) electrons. The number of carbonyl (C=O) groups is 1. The van der Waals surface area contributed by atoms with E-state index in [1.807, 2.05) is 36.4 Å². The van der Waals surface area contributed by atoms with Crippen LogP contribution in [0.2, 0.25) is 0 Å². The fourth-order valence-corrected chi connectivity index (χ4v) is 4.45. The van der Waals surface area contributed by atoms with Crippen molar-refractivity contribution in [1.29, 1.82) is 0 Å². The lowest BCUT2D eigenvalue weighted by atomic mass is 10.3. The molecule has 3 rings (SSSR count). The van der Waals surface area contributed by atoms with Gasteiger partial charge in [-0.1, -0.05) is 12.1 Å². The van der Waals surface area contributed by atoms with Crippen LogP contribution in [0.25, 0.3) is 16.3 Å². The Morgan fingerprint density at radius 3 is 2.87 bits per heavy atom. The highest BCUT2D eigenvalue weighted by molar-refractivity contribution is 9.11. The number of fused-ring (bicyclic) bond motifs is 1. The lowest BCUT2D eigenvalue weighted by Gasteiger charge is -2.00. The van der Waals surface area contributed by atoms with Crippen LogP contribution in [-0.2, 0) is 11.2 Å². The Bertz CT molecular complexity index is 805. The van der Waals surface area contributed by atoms with Crippen LogP contribution in [-0.4, -0.2) is 17.4 Å². The van der Waals surface area contributed by atoms with Gasteiger partial charge < -0.3 is 5.32 Å². The van der Waals surface area contributed by atoms with E-state index in [0.29, 0.717) is 6.54 Å². The summed E-state index contributed by atoms with van der Waals surface area (Å²) in [7, 11) is 0. The van der Waals surface area contributed by atoms with Gasteiger partial charge in [-0.05, 0) is 52.7 Å². The van der Waals surface area contributed by atoms with E-state index in [0.717, 1.165) is 32.0 Å². The summed E-state index contributed by atoms with van der Waals surface area (Å²) in [6.07, 6.45) is 5.19. The van der Waals surface area contributed by atoms with Gasteiger partial charge in [-0.3, -0.25) is 4.79 Å². The van der Waals surface area contributed by atoms with Gasteiger partial charge in [-0.15, -0.1) is 22.7 Å². The predicted molar refractivity (Wildman–Crippen MR) is 102 cm³/mol. The normalized spacial score (nSPS) is 11.3. The number of aryl methyl sites for hydroxylation is 1. The molecule has 118 valence electrons. The maximum Gasteiger partial charge on any atom is 0.244 e. The Morgan fingerprint density at radius 1 is 1.22 bits per heavy atom. The zero-order chi connectivity index (χ0) is 16.1. The highest BCUT2D eigenvalue weighted by Gasteiger charge is 2.03. The van der Waals surface area contributed by atoms with Crippen molar-refractivity contribution in [2.75, 3.05) is 6.54 Å². The topological polar surface area (TPSA) is 42.0 Å². The molecule has 1 amide bonds. The fraction of sp³-hybridized carbons (Fsp3) is 0.176. The first-order valence-corrected chi connectivity index (χ1v) is 9.69. The average molecular weight is 407 g/mol. The molecule has 2 heterocycles. The number of thiophene rings is 1. The zero-order valence-corrected chi connectivity index (χ0v) is 15.5.